The smallest absolute Gasteiger partial charge is 0.126 e. The first-order chi connectivity index (χ1) is 8.58. The molecule has 100 valence electrons. The minimum Gasteiger partial charge on any atom is -0.493 e. The van der Waals surface area contributed by atoms with E-state index in [-0.39, 0.29) is 0 Å². The van der Waals surface area contributed by atoms with Crippen molar-refractivity contribution in [3.8, 4) is 5.75 Å². The summed E-state index contributed by atoms with van der Waals surface area (Å²) in [5.74, 6) is 1.49. The molecule has 0 saturated heterocycles. The molecule has 18 heavy (non-hydrogen) atoms. The van der Waals surface area contributed by atoms with Gasteiger partial charge in [0.15, 0.2) is 0 Å². The van der Waals surface area contributed by atoms with Crippen LogP contribution in [0.1, 0.15) is 32.8 Å². The lowest BCUT2D eigenvalue weighted by Crippen LogP contribution is -1.99. The Morgan fingerprint density at radius 2 is 2.11 bits per heavy atom. The zero-order valence-corrected chi connectivity index (χ0v) is 14.3. The van der Waals surface area contributed by atoms with E-state index in [1.165, 1.54) is 5.57 Å². The molecule has 1 aromatic carbocycles. The minimum atomic E-state index is 0.530. The second kappa shape index (κ2) is 8.00. The lowest BCUT2D eigenvalue weighted by molar-refractivity contribution is 0.316. The molecule has 0 aliphatic rings. The Morgan fingerprint density at radius 1 is 1.39 bits per heavy atom. The maximum atomic E-state index is 5.79. The van der Waals surface area contributed by atoms with Crippen LogP contribution in [0.25, 0.3) is 6.08 Å². The Hall–Kier alpha value is -0.280. The summed E-state index contributed by atoms with van der Waals surface area (Å²) >= 11 is 7.07. The lowest BCUT2D eigenvalue weighted by atomic mass is 10.0. The molecule has 0 bridgehead atoms. The van der Waals surface area contributed by atoms with Crippen LogP contribution >= 0.6 is 31.9 Å². The summed E-state index contributed by atoms with van der Waals surface area (Å²) in [5.41, 5.74) is 2.51. The van der Waals surface area contributed by atoms with Gasteiger partial charge in [0, 0.05) is 15.4 Å². The monoisotopic (exact) mass is 374 g/mol. The summed E-state index contributed by atoms with van der Waals surface area (Å²) in [7, 11) is 0. The molecule has 0 saturated carbocycles. The molecule has 0 heterocycles. The van der Waals surface area contributed by atoms with Gasteiger partial charge in [-0.1, -0.05) is 64.3 Å². The highest BCUT2D eigenvalue weighted by Crippen LogP contribution is 2.27. The average molecular weight is 376 g/mol. The van der Waals surface area contributed by atoms with Gasteiger partial charge in [-0.3, -0.25) is 0 Å². The Balaban J connectivity index is 3.07. The molecule has 0 aliphatic heterocycles. The number of ether oxygens (including phenoxy) is 1. The van der Waals surface area contributed by atoms with Gasteiger partial charge in [-0.15, -0.1) is 0 Å². The normalized spacial score (nSPS) is 12.0. The van der Waals surface area contributed by atoms with Gasteiger partial charge in [0.25, 0.3) is 0 Å². The first-order valence-electron chi connectivity index (χ1n) is 6.27. The molecule has 3 heteroatoms. The van der Waals surface area contributed by atoms with Crippen LogP contribution in [-0.2, 0) is 0 Å². The van der Waals surface area contributed by atoms with Crippen LogP contribution in [0.5, 0.6) is 5.75 Å². The largest absolute Gasteiger partial charge is 0.493 e. The van der Waals surface area contributed by atoms with Gasteiger partial charge in [-0.05, 0) is 30.5 Å². The van der Waals surface area contributed by atoms with Gasteiger partial charge < -0.3 is 4.74 Å². The number of benzene rings is 1. The van der Waals surface area contributed by atoms with E-state index in [9.17, 15) is 0 Å². The Kier molecular flexibility index (Phi) is 7.02. The molecule has 0 spiro atoms. The van der Waals surface area contributed by atoms with E-state index in [0.717, 1.165) is 34.1 Å². The van der Waals surface area contributed by atoms with E-state index in [1.807, 2.05) is 12.1 Å². The lowest BCUT2D eigenvalue weighted by Gasteiger charge is -2.12. The van der Waals surface area contributed by atoms with Crippen molar-refractivity contribution in [3.63, 3.8) is 0 Å². The highest BCUT2D eigenvalue weighted by Gasteiger charge is 2.06. The van der Waals surface area contributed by atoms with Crippen LogP contribution in [0.4, 0.5) is 0 Å². The second-order valence-electron chi connectivity index (χ2n) is 4.54. The number of alkyl halides is 1. The Bertz CT molecular complexity index is 411. The van der Waals surface area contributed by atoms with Crippen LogP contribution in [0.2, 0.25) is 0 Å². The minimum absolute atomic E-state index is 0.530. The third kappa shape index (κ3) is 4.77. The molecular weight excluding hydrogens is 356 g/mol. The topological polar surface area (TPSA) is 9.23 Å². The molecule has 1 rings (SSSR count). The summed E-state index contributed by atoms with van der Waals surface area (Å²) in [6.45, 7) is 7.29. The van der Waals surface area contributed by atoms with Gasteiger partial charge in [-0.2, -0.15) is 0 Å². The van der Waals surface area contributed by atoms with E-state index < -0.39 is 0 Å². The zero-order valence-electron chi connectivity index (χ0n) is 11.2. The van der Waals surface area contributed by atoms with Crippen LogP contribution in [0.3, 0.4) is 0 Å². The molecule has 0 aliphatic carbocycles. The molecule has 0 unspecified atom stereocenters. The number of hydrogen-bond acceptors (Lipinski definition) is 1. The van der Waals surface area contributed by atoms with Crippen molar-refractivity contribution < 1.29 is 4.74 Å². The fourth-order valence-electron chi connectivity index (χ4n) is 1.53. The van der Waals surface area contributed by atoms with Crippen molar-refractivity contribution in [2.45, 2.75) is 27.2 Å². The fourth-order valence-corrected chi connectivity index (χ4v) is 2.72. The van der Waals surface area contributed by atoms with Crippen molar-refractivity contribution in [3.05, 3.63) is 33.8 Å². The molecule has 0 N–H and O–H groups in total. The SMILES string of the molecule is CCCOc1ccc(Br)cc1C=C(CBr)C(C)C. The maximum Gasteiger partial charge on any atom is 0.126 e. The number of allylic oxidation sites excluding steroid dienone is 1. The van der Waals surface area contributed by atoms with Gasteiger partial charge in [0.05, 0.1) is 6.61 Å². The molecule has 0 atom stereocenters. The zero-order chi connectivity index (χ0) is 13.5. The molecule has 1 nitrogen and oxygen atoms in total. The van der Waals surface area contributed by atoms with Crippen molar-refractivity contribution in [2.24, 2.45) is 5.92 Å². The molecule has 1 aromatic rings. The Morgan fingerprint density at radius 3 is 2.67 bits per heavy atom. The van der Waals surface area contributed by atoms with Gasteiger partial charge >= 0.3 is 0 Å². The summed E-state index contributed by atoms with van der Waals surface area (Å²) in [6.07, 6.45) is 3.24. The summed E-state index contributed by atoms with van der Waals surface area (Å²) in [5, 5.41) is 0.893. The molecule has 0 fully saturated rings. The third-order valence-electron chi connectivity index (χ3n) is 2.67. The highest BCUT2D eigenvalue weighted by atomic mass is 79.9. The van der Waals surface area contributed by atoms with E-state index in [0.29, 0.717) is 5.92 Å². The maximum absolute atomic E-state index is 5.79. The van der Waals surface area contributed by atoms with Gasteiger partial charge in [-0.25, -0.2) is 0 Å². The predicted molar refractivity (Wildman–Crippen MR) is 86.5 cm³/mol. The highest BCUT2D eigenvalue weighted by molar-refractivity contribution is 9.10. The average Bonchev–Trinajstić information content (AvgIpc) is 2.34. The second-order valence-corrected chi connectivity index (χ2v) is 6.01. The van der Waals surface area contributed by atoms with Crippen molar-refractivity contribution >= 4 is 37.9 Å². The molecular formula is C15H20Br2O. The van der Waals surface area contributed by atoms with Crippen molar-refractivity contribution in [1.82, 2.24) is 0 Å². The van der Waals surface area contributed by atoms with E-state index in [2.05, 4.69) is 64.8 Å². The molecule has 0 amide bonds. The number of halogens is 2. The van der Waals surface area contributed by atoms with Crippen molar-refractivity contribution in [2.75, 3.05) is 11.9 Å². The van der Waals surface area contributed by atoms with Gasteiger partial charge in [0.2, 0.25) is 0 Å². The number of rotatable bonds is 6. The molecule has 0 aromatic heterocycles. The predicted octanol–water partition coefficient (Wildman–Crippen LogP) is 5.67. The van der Waals surface area contributed by atoms with Crippen LogP contribution in [0, 0.1) is 5.92 Å². The van der Waals surface area contributed by atoms with Gasteiger partial charge in [0.1, 0.15) is 5.75 Å². The summed E-state index contributed by atoms with van der Waals surface area (Å²) < 4.78 is 6.86. The summed E-state index contributed by atoms with van der Waals surface area (Å²) in [6, 6.07) is 6.15. The standard InChI is InChI=1S/C15H20Br2O/c1-4-7-18-15-6-5-14(17)9-12(15)8-13(10-16)11(2)3/h5-6,8-9,11H,4,7,10H2,1-3H3. The Labute approximate surface area is 127 Å². The van der Waals surface area contributed by atoms with E-state index >= 15 is 0 Å². The van der Waals surface area contributed by atoms with E-state index in [4.69, 9.17) is 4.74 Å². The molecule has 0 radical (unpaired) electrons. The van der Waals surface area contributed by atoms with E-state index in [1.54, 1.807) is 0 Å². The van der Waals surface area contributed by atoms with Crippen molar-refractivity contribution in [1.29, 1.82) is 0 Å². The first-order valence-corrected chi connectivity index (χ1v) is 8.18. The quantitative estimate of drug-likeness (QED) is 0.581. The van der Waals surface area contributed by atoms with Crippen LogP contribution in [-0.4, -0.2) is 11.9 Å². The first kappa shape index (κ1) is 15.8. The van der Waals surface area contributed by atoms with Crippen LogP contribution in [0.15, 0.2) is 28.2 Å². The summed E-state index contributed by atoms with van der Waals surface area (Å²) in [4.78, 5) is 0. The van der Waals surface area contributed by atoms with Crippen LogP contribution < -0.4 is 4.74 Å². The fraction of sp³-hybridized carbons (Fsp3) is 0.467. The number of hydrogen-bond donors (Lipinski definition) is 0. The third-order valence-corrected chi connectivity index (χ3v) is 3.81.